The second kappa shape index (κ2) is 3.49. The molecule has 0 aliphatic carbocycles. The minimum absolute atomic E-state index is 0.703. The minimum atomic E-state index is 0.703. The van der Waals surface area contributed by atoms with E-state index < -0.39 is 0 Å². The van der Waals surface area contributed by atoms with Gasteiger partial charge in [0.1, 0.15) is 0 Å². The Morgan fingerprint density at radius 3 is 2.85 bits per heavy atom. The summed E-state index contributed by atoms with van der Waals surface area (Å²) < 4.78 is 6.61. The van der Waals surface area contributed by atoms with E-state index in [0.717, 1.165) is 11.3 Å². The Balaban J connectivity index is 2.46. The van der Waals surface area contributed by atoms with Crippen molar-refractivity contribution < 1.29 is 4.42 Å². The Hall–Kier alpha value is -0.840. The summed E-state index contributed by atoms with van der Waals surface area (Å²) in [5.41, 5.74) is 1.08. The number of aromatic nitrogens is 1. The molecule has 0 aliphatic rings. The highest BCUT2D eigenvalue weighted by Gasteiger charge is 2.02. The van der Waals surface area contributed by atoms with Crippen molar-refractivity contribution in [1.29, 1.82) is 0 Å². The summed E-state index contributed by atoms with van der Waals surface area (Å²) >= 11 is 2.28. The van der Waals surface area contributed by atoms with E-state index in [4.69, 9.17) is 4.42 Å². The van der Waals surface area contributed by atoms with Crippen LogP contribution in [0.4, 0.5) is 0 Å². The topological polar surface area (TPSA) is 26.0 Å². The zero-order chi connectivity index (χ0) is 9.26. The number of benzene rings is 1. The molecule has 0 fully saturated rings. The summed E-state index contributed by atoms with van der Waals surface area (Å²) in [6.45, 7) is 1.84. The van der Waals surface area contributed by atoms with E-state index in [1.807, 2.05) is 25.1 Å². The fourth-order valence-electron chi connectivity index (χ4n) is 1.14. The maximum Gasteiger partial charge on any atom is 0.191 e. The highest BCUT2D eigenvalue weighted by molar-refractivity contribution is 14.1. The maximum absolute atomic E-state index is 5.41. The summed E-state index contributed by atoms with van der Waals surface area (Å²) in [5.74, 6) is 1.53. The average Bonchev–Trinajstić information content (AvgIpc) is 2.52. The van der Waals surface area contributed by atoms with Crippen molar-refractivity contribution in [1.82, 2.24) is 4.98 Å². The fraction of sp³-hybridized carbons (Fsp3) is 0.100. The molecule has 0 saturated carbocycles. The van der Waals surface area contributed by atoms with Crippen LogP contribution in [0.2, 0.25) is 0 Å². The summed E-state index contributed by atoms with van der Waals surface area (Å²) in [6, 6.07) is 8.14. The Bertz CT molecular complexity index is 422. The largest absolute Gasteiger partial charge is 0.441 e. The highest BCUT2D eigenvalue weighted by Crippen LogP contribution is 2.21. The first-order valence-electron chi connectivity index (χ1n) is 3.94. The van der Waals surface area contributed by atoms with Gasteiger partial charge < -0.3 is 4.42 Å². The fourth-order valence-corrected chi connectivity index (χ4v) is 1.68. The van der Waals surface area contributed by atoms with Gasteiger partial charge in [-0.15, -0.1) is 0 Å². The van der Waals surface area contributed by atoms with Crippen LogP contribution in [0.1, 0.15) is 5.89 Å². The molecule has 2 rings (SSSR count). The average molecular weight is 285 g/mol. The third-order valence-corrected chi connectivity index (χ3v) is 2.40. The van der Waals surface area contributed by atoms with Crippen molar-refractivity contribution in [3.63, 3.8) is 0 Å². The van der Waals surface area contributed by atoms with Crippen molar-refractivity contribution in [3.8, 4) is 11.3 Å². The lowest BCUT2D eigenvalue weighted by atomic mass is 10.2. The summed E-state index contributed by atoms with van der Waals surface area (Å²) in [4.78, 5) is 4.05. The van der Waals surface area contributed by atoms with Crippen LogP contribution in [0.15, 0.2) is 34.9 Å². The number of oxazole rings is 1. The van der Waals surface area contributed by atoms with Gasteiger partial charge in [0.15, 0.2) is 11.7 Å². The van der Waals surface area contributed by atoms with Gasteiger partial charge in [-0.05, 0) is 34.7 Å². The molecule has 1 heterocycles. The van der Waals surface area contributed by atoms with Gasteiger partial charge in [-0.3, -0.25) is 0 Å². The first-order chi connectivity index (χ1) is 6.25. The normalized spacial score (nSPS) is 10.3. The van der Waals surface area contributed by atoms with E-state index in [-0.39, 0.29) is 0 Å². The number of hydrogen-bond acceptors (Lipinski definition) is 2. The Labute approximate surface area is 90.1 Å². The number of halogens is 1. The monoisotopic (exact) mass is 285 g/mol. The smallest absolute Gasteiger partial charge is 0.191 e. The molecule has 0 bridgehead atoms. The first-order valence-corrected chi connectivity index (χ1v) is 5.02. The predicted molar refractivity (Wildman–Crippen MR) is 59.4 cm³/mol. The number of nitrogens with zero attached hydrogens (tertiary/aromatic N) is 1. The van der Waals surface area contributed by atoms with Crippen LogP contribution >= 0.6 is 22.6 Å². The van der Waals surface area contributed by atoms with Crippen molar-refractivity contribution >= 4 is 22.6 Å². The SMILES string of the molecule is Cc1ncc(-c2cccc(I)c2)o1. The zero-order valence-electron chi connectivity index (χ0n) is 7.12. The van der Waals surface area contributed by atoms with Gasteiger partial charge in [-0.1, -0.05) is 12.1 Å². The molecule has 0 N–H and O–H groups in total. The van der Waals surface area contributed by atoms with Crippen molar-refractivity contribution in [2.24, 2.45) is 0 Å². The summed E-state index contributed by atoms with van der Waals surface area (Å²) in [5, 5.41) is 0. The standard InChI is InChI=1S/C10H8INO/c1-7-12-6-10(13-7)8-3-2-4-9(11)5-8/h2-6H,1H3. The molecular weight excluding hydrogens is 277 g/mol. The summed E-state index contributed by atoms with van der Waals surface area (Å²) in [7, 11) is 0. The van der Waals surface area contributed by atoms with E-state index in [1.54, 1.807) is 6.20 Å². The molecule has 0 saturated heterocycles. The van der Waals surface area contributed by atoms with Gasteiger partial charge in [0.05, 0.1) is 6.20 Å². The maximum atomic E-state index is 5.41. The number of hydrogen-bond donors (Lipinski definition) is 0. The molecule has 3 heteroatoms. The van der Waals surface area contributed by atoms with E-state index in [2.05, 4.69) is 33.6 Å². The Morgan fingerprint density at radius 1 is 1.38 bits per heavy atom. The molecule has 0 spiro atoms. The Morgan fingerprint density at radius 2 is 2.23 bits per heavy atom. The third-order valence-electron chi connectivity index (χ3n) is 1.73. The predicted octanol–water partition coefficient (Wildman–Crippen LogP) is 3.25. The summed E-state index contributed by atoms with van der Waals surface area (Å²) in [6.07, 6.45) is 1.75. The molecule has 1 aromatic heterocycles. The van der Waals surface area contributed by atoms with Crippen LogP contribution in [0.3, 0.4) is 0 Å². The van der Waals surface area contributed by atoms with Gasteiger partial charge in [-0.25, -0.2) is 4.98 Å². The zero-order valence-corrected chi connectivity index (χ0v) is 9.28. The second-order valence-corrected chi connectivity index (χ2v) is 4.00. The van der Waals surface area contributed by atoms with E-state index in [0.29, 0.717) is 5.89 Å². The lowest BCUT2D eigenvalue weighted by Crippen LogP contribution is -1.74. The molecule has 0 amide bonds. The molecule has 2 nitrogen and oxygen atoms in total. The molecule has 0 unspecified atom stereocenters. The van der Waals surface area contributed by atoms with Gasteiger partial charge in [0, 0.05) is 16.1 Å². The van der Waals surface area contributed by atoms with E-state index >= 15 is 0 Å². The van der Waals surface area contributed by atoms with E-state index in [1.165, 1.54) is 3.57 Å². The van der Waals surface area contributed by atoms with Crippen LogP contribution in [-0.4, -0.2) is 4.98 Å². The van der Waals surface area contributed by atoms with Crippen LogP contribution in [-0.2, 0) is 0 Å². The molecule has 0 radical (unpaired) electrons. The molecule has 13 heavy (non-hydrogen) atoms. The first kappa shape index (κ1) is 8.74. The molecule has 0 aliphatic heterocycles. The lowest BCUT2D eigenvalue weighted by molar-refractivity contribution is 0.534. The molecule has 0 atom stereocenters. The van der Waals surface area contributed by atoms with Crippen molar-refractivity contribution in [2.75, 3.05) is 0 Å². The molecule has 1 aromatic carbocycles. The van der Waals surface area contributed by atoms with Crippen LogP contribution in [0.5, 0.6) is 0 Å². The van der Waals surface area contributed by atoms with Gasteiger partial charge in [0.2, 0.25) is 0 Å². The van der Waals surface area contributed by atoms with Crippen molar-refractivity contribution in [2.45, 2.75) is 6.92 Å². The second-order valence-electron chi connectivity index (χ2n) is 2.75. The minimum Gasteiger partial charge on any atom is -0.441 e. The van der Waals surface area contributed by atoms with Crippen molar-refractivity contribution in [3.05, 3.63) is 39.9 Å². The van der Waals surface area contributed by atoms with Crippen LogP contribution < -0.4 is 0 Å². The van der Waals surface area contributed by atoms with Gasteiger partial charge in [0.25, 0.3) is 0 Å². The highest BCUT2D eigenvalue weighted by atomic mass is 127. The Kier molecular flexibility index (Phi) is 2.35. The van der Waals surface area contributed by atoms with Gasteiger partial charge in [-0.2, -0.15) is 0 Å². The third kappa shape index (κ3) is 1.91. The van der Waals surface area contributed by atoms with Crippen LogP contribution in [0, 0.1) is 10.5 Å². The number of aryl methyl sites for hydroxylation is 1. The number of rotatable bonds is 1. The molecular formula is C10H8INO. The van der Waals surface area contributed by atoms with Gasteiger partial charge >= 0.3 is 0 Å². The quantitative estimate of drug-likeness (QED) is 0.752. The van der Waals surface area contributed by atoms with Crippen LogP contribution in [0.25, 0.3) is 11.3 Å². The molecule has 66 valence electrons. The lowest BCUT2D eigenvalue weighted by Gasteiger charge is -1.95. The van der Waals surface area contributed by atoms with E-state index in [9.17, 15) is 0 Å². The molecule has 2 aromatic rings.